The minimum absolute atomic E-state index is 0.138. The highest BCUT2D eigenvalue weighted by Gasteiger charge is 2.14. The van der Waals surface area contributed by atoms with E-state index in [1.807, 2.05) is 78.9 Å². The first kappa shape index (κ1) is 17.8. The number of benzene rings is 1. The van der Waals surface area contributed by atoms with E-state index >= 15 is 0 Å². The van der Waals surface area contributed by atoms with Gasteiger partial charge in [-0.2, -0.15) is 5.10 Å². The Morgan fingerprint density at radius 3 is 2.58 bits per heavy atom. The molecule has 6 heteroatoms. The molecule has 1 aromatic carbocycles. The lowest BCUT2D eigenvalue weighted by Gasteiger charge is -2.19. The van der Waals surface area contributed by atoms with Crippen molar-refractivity contribution in [3.8, 4) is 5.69 Å². The van der Waals surface area contributed by atoms with E-state index in [-0.39, 0.29) is 6.03 Å². The summed E-state index contributed by atoms with van der Waals surface area (Å²) in [5, 5.41) is 7.45. The summed E-state index contributed by atoms with van der Waals surface area (Å²) >= 11 is 0. The molecule has 3 rings (SSSR count). The second-order valence-corrected chi connectivity index (χ2v) is 6.42. The Balaban J connectivity index is 1.73. The van der Waals surface area contributed by atoms with Crippen molar-refractivity contribution >= 4 is 11.7 Å². The summed E-state index contributed by atoms with van der Waals surface area (Å²) in [5.74, 6) is 0. The van der Waals surface area contributed by atoms with Crippen LogP contribution in [0.4, 0.5) is 10.5 Å². The molecule has 0 aliphatic carbocycles. The van der Waals surface area contributed by atoms with Crippen molar-refractivity contribution < 1.29 is 4.79 Å². The summed E-state index contributed by atoms with van der Waals surface area (Å²) in [6.07, 6.45) is 5.99. The molecule has 0 fully saturated rings. The van der Waals surface area contributed by atoms with Crippen LogP contribution < -0.4 is 5.32 Å². The summed E-state index contributed by atoms with van der Waals surface area (Å²) in [6.45, 7) is 7.38. The molecule has 2 aromatic heterocycles. The second kappa shape index (κ2) is 7.47. The number of aromatic nitrogens is 3. The minimum Gasteiger partial charge on any atom is -0.324 e. The zero-order valence-corrected chi connectivity index (χ0v) is 15.7. The molecule has 0 saturated heterocycles. The highest BCUT2D eigenvalue weighted by molar-refractivity contribution is 5.90. The number of anilines is 1. The van der Waals surface area contributed by atoms with Gasteiger partial charge in [-0.15, -0.1) is 0 Å². The average molecular weight is 351 g/mol. The van der Waals surface area contributed by atoms with Gasteiger partial charge in [-0.3, -0.25) is 4.68 Å². The zero-order valence-electron chi connectivity index (χ0n) is 15.7. The first-order valence-electron chi connectivity index (χ1n) is 8.77. The van der Waals surface area contributed by atoms with E-state index in [4.69, 9.17) is 0 Å². The second-order valence-electron chi connectivity index (χ2n) is 6.42. The summed E-state index contributed by atoms with van der Waals surface area (Å²) < 4.78 is 3.93. The molecule has 136 valence electrons. The molecule has 6 nitrogen and oxygen atoms in total. The quantitative estimate of drug-likeness (QED) is 0.756. The zero-order chi connectivity index (χ0) is 18.7. The van der Waals surface area contributed by atoms with Gasteiger partial charge in [-0.05, 0) is 50.6 Å². The van der Waals surface area contributed by atoms with E-state index in [2.05, 4.69) is 10.4 Å². The Hall–Kier alpha value is -3.02. The molecule has 0 bridgehead atoms. The number of aryl methyl sites for hydroxylation is 2. The van der Waals surface area contributed by atoms with Crippen LogP contribution in [0.25, 0.3) is 5.69 Å². The van der Waals surface area contributed by atoms with Gasteiger partial charge in [-0.1, -0.05) is 6.07 Å². The third kappa shape index (κ3) is 3.64. The Bertz CT molecular complexity index is 895. The van der Waals surface area contributed by atoms with Crippen molar-refractivity contribution in [3.05, 3.63) is 65.7 Å². The first-order chi connectivity index (χ1) is 12.5. The fourth-order valence-corrected chi connectivity index (χ4v) is 2.95. The third-order valence-corrected chi connectivity index (χ3v) is 4.56. The van der Waals surface area contributed by atoms with Crippen molar-refractivity contribution in [2.45, 2.75) is 33.9 Å². The van der Waals surface area contributed by atoms with Gasteiger partial charge in [-0.25, -0.2) is 4.79 Å². The molecule has 0 atom stereocenters. The minimum atomic E-state index is -0.138. The number of nitrogens with one attached hydrogen (secondary N) is 1. The molecule has 0 saturated carbocycles. The number of hydrogen-bond acceptors (Lipinski definition) is 2. The van der Waals surface area contributed by atoms with Gasteiger partial charge in [0.15, 0.2) is 0 Å². The lowest BCUT2D eigenvalue weighted by Crippen LogP contribution is -2.31. The fraction of sp³-hybridized carbons (Fsp3) is 0.300. The summed E-state index contributed by atoms with van der Waals surface area (Å²) in [7, 11) is 1.79. The van der Waals surface area contributed by atoms with Gasteiger partial charge in [0.2, 0.25) is 0 Å². The first-order valence-corrected chi connectivity index (χ1v) is 8.77. The molecule has 0 aliphatic rings. The van der Waals surface area contributed by atoms with Crippen LogP contribution in [0.3, 0.4) is 0 Å². The Morgan fingerprint density at radius 2 is 1.92 bits per heavy atom. The van der Waals surface area contributed by atoms with E-state index in [0.717, 1.165) is 34.7 Å². The summed E-state index contributed by atoms with van der Waals surface area (Å²) in [6, 6.07) is 9.74. The maximum atomic E-state index is 12.6. The van der Waals surface area contributed by atoms with Gasteiger partial charge >= 0.3 is 6.03 Å². The van der Waals surface area contributed by atoms with Gasteiger partial charge in [0.1, 0.15) is 0 Å². The molecule has 0 unspecified atom stereocenters. The number of amides is 2. The van der Waals surface area contributed by atoms with E-state index in [1.54, 1.807) is 11.9 Å². The molecule has 2 heterocycles. The van der Waals surface area contributed by atoms with Crippen molar-refractivity contribution in [1.29, 1.82) is 0 Å². The number of nitrogens with zero attached hydrogens (tertiary/aromatic N) is 4. The molecule has 26 heavy (non-hydrogen) atoms. The van der Waals surface area contributed by atoms with Crippen LogP contribution in [0.15, 0.2) is 48.9 Å². The molecular weight excluding hydrogens is 326 g/mol. The maximum Gasteiger partial charge on any atom is 0.321 e. The maximum absolute atomic E-state index is 12.6. The van der Waals surface area contributed by atoms with Crippen molar-refractivity contribution in [1.82, 2.24) is 19.2 Å². The average Bonchev–Trinajstić information content (AvgIpc) is 3.27. The van der Waals surface area contributed by atoms with E-state index in [1.165, 1.54) is 0 Å². The fourth-order valence-electron chi connectivity index (χ4n) is 2.95. The Morgan fingerprint density at radius 1 is 1.19 bits per heavy atom. The van der Waals surface area contributed by atoms with Crippen molar-refractivity contribution in [2.75, 3.05) is 12.4 Å². The van der Waals surface area contributed by atoms with Crippen molar-refractivity contribution in [2.24, 2.45) is 0 Å². The number of carbonyl (C=O) groups excluding carboxylic acids is 1. The van der Waals surface area contributed by atoms with Crippen LogP contribution in [0.1, 0.15) is 23.7 Å². The van der Waals surface area contributed by atoms with E-state index in [9.17, 15) is 4.79 Å². The van der Waals surface area contributed by atoms with Crippen LogP contribution in [-0.2, 0) is 13.1 Å². The predicted molar refractivity (Wildman–Crippen MR) is 104 cm³/mol. The largest absolute Gasteiger partial charge is 0.324 e. The van der Waals surface area contributed by atoms with E-state index in [0.29, 0.717) is 6.54 Å². The molecule has 2 amide bonds. The summed E-state index contributed by atoms with van der Waals surface area (Å²) in [5.41, 5.74) is 4.91. The number of rotatable bonds is 5. The number of hydrogen-bond donors (Lipinski definition) is 1. The van der Waals surface area contributed by atoms with Crippen LogP contribution >= 0.6 is 0 Å². The SMILES string of the molecule is CCn1cc(CN(C)C(=O)Nc2cccc(-n3cccc3)c2C)c(C)n1. The molecule has 0 spiro atoms. The predicted octanol–water partition coefficient (Wildman–Crippen LogP) is 3.97. The Kier molecular flexibility index (Phi) is 5.11. The molecule has 1 N–H and O–H groups in total. The van der Waals surface area contributed by atoms with Gasteiger partial charge in [0.05, 0.1) is 12.2 Å². The van der Waals surface area contributed by atoms with Crippen LogP contribution in [0, 0.1) is 13.8 Å². The van der Waals surface area contributed by atoms with Gasteiger partial charge in [0, 0.05) is 49.1 Å². The summed E-state index contributed by atoms with van der Waals surface area (Å²) in [4.78, 5) is 14.3. The Labute approximate surface area is 154 Å². The molecular formula is C20H25N5O. The van der Waals surface area contributed by atoms with Gasteiger partial charge in [0.25, 0.3) is 0 Å². The highest BCUT2D eigenvalue weighted by atomic mass is 16.2. The topological polar surface area (TPSA) is 55.1 Å². The molecule has 0 radical (unpaired) electrons. The number of urea groups is 1. The van der Waals surface area contributed by atoms with Crippen molar-refractivity contribution in [3.63, 3.8) is 0 Å². The van der Waals surface area contributed by atoms with Crippen LogP contribution in [0.5, 0.6) is 0 Å². The lowest BCUT2D eigenvalue weighted by molar-refractivity contribution is 0.220. The van der Waals surface area contributed by atoms with E-state index < -0.39 is 0 Å². The number of carbonyl (C=O) groups is 1. The van der Waals surface area contributed by atoms with Crippen LogP contribution in [0.2, 0.25) is 0 Å². The molecule has 0 aliphatic heterocycles. The van der Waals surface area contributed by atoms with Crippen LogP contribution in [-0.4, -0.2) is 32.3 Å². The third-order valence-electron chi connectivity index (χ3n) is 4.56. The highest BCUT2D eigenvalue weighted by Crippen LogP contribution is 2.23. The molecule has 3 aromatic rings. The monoisotopic (exact) mass is 351 g/mol. The van der Waals surface area contributed by atoms with Gasteiger partial charge < -0.3 is 14.8 Å². The lowest BCUT2D eigenvalue weighted by atomic mass is 10.1. The smallest absolute Gasteiger partial charge is 0.321 e. The standard InChI is InChI=1S/C20H25N5O/c1-5-25-14-17(16(3)22-25)13-23(4)20(26)21-18-9-8-10-19(15(18)2)24-11-6-7-12-24/h6-12,14H,5,13H2,1-4H3,(H,21,26). The normalized spacial score (nSPS) is 10.8.